The third-order valence-electron chi connectivity index (χ3n) is 1.86. The second-order valence-corrected chi connectivity index (χ2v) is 2.79. The summed E-state index contributed by atoms with van der Waals surface area (Å²) in [6.07, 6.45) is -3.04. The zero-order valence-corrected chi connectivity index (χ0v) is 7.74. The van der Waals surface area contributed by atoms with E-state index in [1.54, 1.807) is 0 Å². The van der Waals surface area contributed by atoms with E-state index in [0.717, 1.165) is 0 Å². The number of nitrogens with zero attached hydrogens (tertiary/aromatic N) is 2. The van der Waals surface area contributed by atoms with Gasteiger partial charge in [0.25, 0.3) is 6.43 Å². The Bertz CT molecular complexity index is 518. The molecule has 16 heavy (non-hydrogen) atoms. The average Bonchev–Trinajstić information content (AvgIpc) is 2.20. The molecular weight excluding hydrogens is 224 g/mol. The molecule has 1 rings (SSSR count). The zero-order chi connectivity index (χ0) is 12.3. The minimum atomic E-state index is -3.04. The van der Waals surface area contributed by atoms with Crippen molar-refractivity contribution < 1.29 is 13.7 Å². The highest BCUT2D eigenvalue weighted by Gasteiger charge is 2.23. The van der Waals surface area contributed by atoms with Gasteiger partial charge in [-0.05, 0) is 4.92 Å². The number of H-pyrrole nitrogens is 1. The number of rotatable bonds is 3. The van der Waals surface area contributed by atoms with Gasteiger partial charge in [-0.3, -0.25) is 4.79 Å². The number of hydrogen-bond acceptors (Lipinski definition) is 4. The SMILES string of the molecule is N#CCc1c([N+](=O)[O-])[nH]cc(C(F)F)c1=O. The molecule has 84 valence electrons. The molecule has 0 amide bonds. The Morgan fingerprint density at radius 2 is 2.25 bits per heavy atom. The van der Waals surface area contributed by atoms with Gasteiger partial charge in [-0.25, -0.2) is 13.8 Å². The third-order valence-corrected chi connectivity index (χ3v) is 1.86. The first kappa shape index (κ1) is 11.8. The van der Waals surface area contributed by atoms with Gasteiger partial charge in [0, 0.05) is 0 Å². The van der Waals surface area contributed by atoms with Crippen molar-refractivity contribution in [2.24, 2.45) is 0 Å². The van der Waals surface area contributed by atoms with Gasteiger partial charge in [0.1, 0.15) is 17.3 Å². The number of hydrogen-bond donors (Lipinski definition) is 1. The van der Waals surface area contributed by atoms with Crippen LogP contribution in [-0.4, -0.2) is 9.91 Å². The molecule has 1 aromatic rings. The summed E-state index contributed by atoms with van der Waals surface area (Å²) in [4.78, 5) is 22.9. The van der Waals surface area contributed by atoms with E-state index in [0.29, 0.717) is 6.20 Å². The smallest absolute Gasteiger partial charge is 0.328 e. The Morgan fingerprint density at radius 3 is 2.69 bits per heavy atom. The summed E-state index contributed by atoms with van der Waals surface area (Å²) in [5.74, 6) is -0.726. The van der Waals surface area contributed by atoms with Crippen molar-refractivity contribution in [3.63, 3.8) is 0 Å². The Hall–Kier alpha value is -2.30. The Balaban J connectivity index is 3.49. The van der Waals surface area contributed by atoms with E-state index >= 15 is 0 Å². The lowest BCUT2D eigenvalue weighted by atomic mass is 10.1. The van der Waals surface area contributed by atoms with Crippen LogP contribution >= 0.6 is 0 Å². The van der Waals surface area contributed by atoms with Crippen LogP contribution in [0.25, 0.3) is 0 Å². The first-order valence-electron chi connectivity index (χ1n) is 4.03. The lowest BCUT2D eigenvalue weighted by Crippen LogP contribution is -2.18. The summed E-state index contributed by atoms with van der Waals surface area (Å²) >= 11 is 0. The largest absolute Gasteiger partial charge is 0.358 e. The third kappa shape index (κ3) is 2.03. The minimum Gasteiger partial charge on any atom is -0.358 e. The maximum Gasteiger partial charge on any atom is 0.328 e. The molecule has 1 heterocycles. The van der Waals surface area contributed by atoms with Gasteiger partial charge >= 0.3 is 5.82 Å². The van der Waals surface area contributed by atoms with Gasteiger partial charge in [0.2, 0.25) is 5.43 Å². The van der Waals surface area contributed by atoms with Gasteiger partial charge in [0.05, 0.1) is 12.5 Å². The standard InChI is InChI=1S/C8H5F2N3O3/c9-7(10)5-3-12-8(13(15)16)4(1-2-11)6(5)14/h3,7H,1H2,(H,12,14). The molecule has 1 aromatic heterocycles. The zero-order valence-electron chi connectivity index (χ0n) is 7.74. The first-order valence-corrected chi connectivity index (χ1v) is 4.03. The van der Waals surface area contributed by atoms with Crippen molar-refractivity contribution in [3.8, 4) is 6.07 Å². The van der Waals surface area contributed by atoms with Crippen molar-refractivity contribution in [1.82, 2.24) is 4.98 Å². The molecule has 1 N–H and O–H groups in total. The number of aromatic amines is 1. The van der Waals surface area contributed by atoms with Crippen LogP contribution in [0.2, 0.25) is 0 Å². The number of nitriles is 1. The van der Waals surface area contributed by atoms with E-state index in [4.69, 9.17) is 5.26 Å². The van der Waals surface area contributed by atoms with Gasteiger partial charge in [0.15, 0.2) is 0 Å². The van der Waals surface area contributed by atoms with Crippen molar-refractivity contribution in [2.75, 3.05) is 0 Å². The van der Waals surface area contributed by atoms with Crippen LogP contribution in [0.15, 0.2) is 11.0 Å². The van der Waals surface area contributed by atoms with Gasteiger partial charge < -0.3 is 10.1 Å². The highest BCUT2D eigenvalue weighted by Crippen LogP contribution is 2.18. The molecule has 0 saturated carbocycles. The van der Waals surface area contributed by atoms with Gasteiger partial charge in [-0.15, -0.1) is 0 Å². The van der Waals surface area contributed by atoms with E-state index in [1.807, 2.05) is 4.98 Å². The molecule has 0 bridgehead atoms. The van der Waals surface area contributed by atoms with E-state index < -0.39 is 40.1 Å². The average molecular weight is 229 g/mol. The van der Waals surface area contributed by atoms with Crippen molar-refractivity contribution >= 4 is 5.82 Å². The Morgan fingerprint density at radius 1 is 1.62 bits per heavy atom. The molecule has 8 heteroatoms. The predicted octanol–water partition coefficient (Wildman–Crippen LogP) is 1.29. The second-order valence-electron chi connectivity index (χ2n) is 2.79. The monoisotopic (exact) mass is 229 g/mol. The summed E-state index contributed by atoms with van der Waals surface area (Å²) in [5, 5.41) is 18.8. The van der Waals surface area contributed by atoms with Crippen LogP contribution in [0.5, 0.6) is 0 Å². The normalized spacial score (nSPS) is 10.1. The summed E-state index contributed by atoms with van der Waals surface area (Å²) in [7, 11) is 0. The fourth-order valence-corrected chi connectivity index (χ4v) is 1.15. The molecule has 0 aromatic carbocycles. The lowest BCUT2D eigenvalue weighted by molar-refractivity contribution is -0.390. The molecule has 0 fully saturated rings. The van der Waals surface area contributed by atoms with Crippen LogP contribution in [0.4, 0.5) is 14.6 Å². The van der Waals surface area contributed by atoms with E-state index in [2.05, 4.69) is 0 Å². The Kier molecular flexibility index (Phi) is 3.30. The van der Waals surface area contributed by atoms with Gasteiger partial charge in [-0.1, -0.05) is 0 Å². The van der Waals surface area contributed by atoms with E-state index in [9.17, 15) is 23.7 Å². The highest BCUT2D eigenvalue weighted by molar-refractivity contribution is 5.37. The molecule has 0 saturated heterocycles. The minimum absolute atomic E-state index is 0.551. The molecule has 0 atom stereocenters. The molecule has 0 aliphatic carbocycles. The van der Waals surface area contributed by atoms with E-state index in [1.165, 1.54) is 6.07 Å². The molecule has 0 aliphatic heterocycles. The van der Waals surface area contributed by atoms with Crippen LogP contribution in [0.3, 0.4) is 0 Å². The fraction of sp³-hybridized carbons (Fsp3) is 0.250. The predicted molar refractivity (Wildman–Crippen MR) is 48.0 cm³/mol. The summed E-state index contributed by atoms with van der Waals surface area (Å²) in [6, 6.07) is 1.52. The maximum atomic E-state index is 12.3. The maximum absolute atomic E-state index is 12.3. The van der Waals surface area contributed by atoms with Crippen LogP contribution < -0.4 is 5.43 Å². The number of alkyl halides is 2. The molecule has 0 unspecified atom stereocenters. The number of nitro groups is 1. The fourth-order valence-electron chi connectivity index (χ4n) is 1.15. The van der Waals surface area contributed by atoms with Gasteiger partial charge in [-0.2, -0.15) is 5.26 Å². The van der Waals surface area contributed by atoms with Crippen molar-refractivity contribution in [3.05, 3.63) is 37.7 Å². The molecule has 0 aliphatic rings. The van der Waals surface area contributed by atoms with Crippen molar-refractivity contribution in [2.45, 2.75) is 12.8 Å². The van der Waals surface area contributed by atoms with E-state index in [-0.39, 0.29) is 0 Å². The number of nitrogens with one attached hydrogen (secondary N) is 1. The summed E-state index contributed by atoms with van der Waals surface area (Å²) < 4.78 is 24.6. The number of halogens is 2. The first-order chi connectivity index (χ1) is 7.49. The lowest BCUT2D eigenvalue weighted by Gasteiger charge is -2.02. The van der Waals surface area contributed by atoms with Crippen LogP contribution in [-0.2, 0) is 6.42 Å². The van der Waals surface area contributed by atoms with Crippen LogP contribution in [0.1, 0.15) is 17.6 Å². The molecular formula is C8H5F2N3O3. The second kappa shape index (κ2) is 4.48. The summed E-state index contributed by atoms with van der Waals surface area (Å²) in [5.41, 5.74) is -2.59. The van der Waals surface area contributed by atoms with Crippen LogP contribution in [0, 0.1) is 21.4 Å². The highest BCUT2D eigenvalue weighted by atomic mass is 19.3. The molecule has 6 nitrogen and oxygen atoms in total. The number of aromatic nitrogens is 1. The topological polar surface area (TPSA) is 99.8 Å². The van der Waals surface area contributed by atoms with Crippen molar-refractivity contribution in [1.29, 1.82) is 5.26 Å². The quantitative estimate of drug-likeness (QED) is 0.623. The number of pyridine rings is 1. The molecule has 0 spiro atoms. The molecule has 0 radical (unpaired) electrons. The summed E-state index contributed by atoms with van der Waals surface area (Å²) in [6.45, 7) is 0. The Labute approximate surface area is 87.3 Å².